The zero-order chi connectivity index (χ0) is 24.0. The van der Waals surface area contributed by atoms with E-state index in [1.165, 1.54) is 22.3 Å². The van der Waals surface area contributed by atoms with Crippen LogP contribution in [-0.4, -0.2) is 5.33 Å². The van der Waals surface area contributed by atoms with Crippen molar-refractivity contribution < 1.29 is 14.2 Å². The van der Waals surface area contributed by atoms with Crippen molar-refractivity contribution in [3.05, 3.63) is 57.6 Å². The van der Waals surface area contributed by atoms with Crippen LogP contribution in [0, 0.1) is 0 Å². The van der Waals surface area contributed by atoms with E-state index < -0.39 is 12.6 Å². The Bertz CT molecular complexity index is 931. The Morgan fingerprint density at radius 1 is 0.727 bits per heavy atom. The number of unbranched alkanes of at least 4 members (excludes halogenated alkanes) is 1. The van der Waals surface area contributed by atoms with E-state index in [-0.39, 0.29) is 10.8 Å². The molecular weight excluding hydrogens is 476 g/mol. The van der Waals surface area contributed by atoms with E-state index in [4.69, 9.17) is 14.2 Å². The number of halogens is 1. The molecule has 2 atom stereocenters. The van der Waals surface area contributed by atoms with Crippen LogP contribution >= 0.6 is 15.9 Å². The Hall–Kier alpha value is -1.52. The predicted molar refractivity (Wildman–Crippen MR) is 139 cm³/mol. The Morgan fingerprint density at radius 2 is 1.18 bits per heavy atom. The lowest BCUT2D eigenvalue weighted by Gasteiger charge is -2.41. The van der Waals surface area contributed by atoms with E-state index in [0.717, 1.165) is 60.1 Å². The topological polar surface area (TPSA) is 27.7 Å². The van der Waals surface area contributed by atoms with E-state index in [1.54, 1.807) is 0 Å². The molecule has 0 aliphatic carbocycles. The Morgan fingerprint density at radius 3 is 1.58 bits per heavy atom. The SMILES string of the molecule is CCCCc1cc(C(C)(C)C)cc2c1OC1OC2Oc2c(CCCBr)cc(C(C)(C)C)cc21. The highest BCUT2D eigenvalue weighted by atomic mass is 79.9. The van der Waals surface area contributed by atoms with Gasteiger partial charge in [-0.15, -0.1) is 0 Å². The lowest BCUT2D eigenvalue weighted by molar-refractivity contribution is -0.228. The molecule has 0 radical (unpaired) electrons. The molecule has 0 fully saturated rings. The molecule has 0 saturated carbocycles. The van der Waals surface area contributed by atoms with Crippen molar-refractivity contribution in [1.29, 1.82) is 0 Å². The van der Waals surface area contributed by atoms with Crippen molar-refractivity contribution in [1.82, 2.24) is 0 Å². The number of alkyl halides is 1. The first kappa shape index (κ1) is 24.6. The first-order valence-electron chi connectivity index (χ1n) is 12.4. The first-order chi connectivity index (χ1) is 15.5. The molecule has 2 heterocycles. The molecule has 2 aliphatic heterocycles. The molecule has 0 aromatic heterocycles. The number of benzene rings is 2. The molecule has 4 heteroatoms. The number of hydrogen-bond donors (Lipinski definition) is 0. The van der Waals surface area contributed by atoms with Gasteiger partial charge in [0, 0.05) is 5.33 Å². The summed E-state index contributed by atoms with van der Waals surface area (Å²) >= 11 is 3.60. The average Bonchev–Trinajstić information content (AvgIpc) is 2.74. The van der Waals surface area contributed by atoms with E-state index in [1.807, 2.05) is 0 Å². The summed E-state index contributed by atoms with van der Waals surface area (Å²) in [5.74, 6) is 1.92. The second-order valence-corrected chi connectivity index (χ2v) is 12.3. The maximum Gasteiger partial charge on any atom is 0.233 e. The van der Waals surface area contributed by atoms with Gasteiger partial charge >= 0.3 is 0 Å². The van der Waals surface area contributed by atoms with Crippen LogP contribution in [0.25, 0.3) is 0 Å². The number of ether oxygens (including phenoxy) is 3. The summed E-state index contributed by atoms with van der Waals surface area (Å²) in [6.07, 6.45) is 4.47. The summed E-state index contributed by atoms with van der Waals surface area (Å²) < 4.78 is 19.7. The molecule has 2 aromatic rings. The Labute approximate surface area is 208 Å². The van der Waals surface area contributed by atoms with Gasteiger partial charge in [0.15, 0.2) is 0 Å². The Balaban J connectivity index is 1.82. The lowest BCUT2D eigenvalue weighted by Crippen LogP contribution is -2.32. The van der Waals surface area contributed by atoms with E-state index in [2.05, 4.69) is 88.7 Å². The molecule has 0 amide bonds. The molecule has 0 saturated heterocycles. The van der Waals surface area contributed by atoms with Gasteiger partial charge < -0.3 is 9.47 Å². The average molecular weight is 516 g/mol. The highest BCUT2D eigenvalue weighted by Crippen LogP contribution is 2.52. The van der Waals surface area contributed by atoms with Crippen molar-refractivity contribution in [2.75, 3.05) is 5.33 Å². The van der Waals surface area contributed by atoms with E-state index in [0.29, 0.717) is 0 Å². The minimum Gasteiger partial charge on any atom is -0.459 e. The highest BCUT2D eigenvalue weighted by Gasteiger charge is 2.41. The van der Waals surface area contributed by atoms with Gasteiger partial charge in [-0.25, -0.2) is 0 Å². The normalized spacial score (nSPS) is 19.4. The van der Waals surface area contributed by atoms with Gasteiger partial charge in [0.05, 0.1) is 11.1 Å². The van der Waals surface area contributed by atoms with Gasteiger partial charge in [-0.3, -0.25) is 4.74 Å². The summed E-state index contributed by atoms with van der Waals surface area (Å²) in [5, 5.41) is 0.972. The van der Waals surface area contributed by atoms with Crippen LogP contribution in [0.5, 0.6) is 11.5 Å². The molecule has 33 heavy (non-hydrogen) atoms. The van der Waals surface area contributed by atoms with Crippen LogP contribution in [0.1, 0.15) is 114 Å². The zero-order valence-electron chi connectivity index (χ0n) is 21.3. The zero-order valence-corrected chi connectivity index (χ0v) is 22.9. The Kier molecular flexibility index (Phi) is 6.90. The maximum atomic E-state index is 6.64. The molecule has 0 spiro atoms. The summed E-state index contributed by atoms with van der Waals surface area (Å²) in [6.45, 7) is 15.8. The van der Waals surface area contributed by atoms with Gasteiger partial charge in [0.2, 0.25) is 12.6 Å². The predicted octanol–water partition coefficient (Wildman–Crippen LogP) is 8.45. The van der Waals surface area contributed by atoms with Crippen LogP contribution in [0.15, 0.2) is 24.3 Å². The van der Waals surface area contributed by atoms with E-state index >= 15 is 0 Å². The highest BCUT2D eigenvalue weighted by molar-refractivity contribution is 9.09. The van der Waals surface area contributed by atoms with Crippen molar-refractivity contribution in [2.24, 2.45) is 0 Å². The fourth-order valence-electron chi connectivity index (χ4n) is 4.58. The monoisotopic (exact) mass is 514 g/mol. The fraction of sp³-hybridized carbons (Fsp3) is 0.586. The van der Waals surface area contributed by atoms with Gasteiger partial charge in [-0.1, -0.05) is 82.9 Å². The summed E-state index contributed by atoms with van der Waals surface area (Å²) in [6, 6.07) is 9.12. The smallest absolute Gasteiger partial charge is 0.233 e. The third kappa shape index (κ3) is 4.98. The van der Waals surface area contributed by atoms with Crippen LogP contribution < -0.4 is 9.47 Å². The first-order valence-corrected chi connectivity index (χ1v) is 13.5. The summed E-state index contributed by atoms with van der Waals surface area (Å²) in [4.78, 5) is 0. The molecule has 180 valence electrons. The van der Waals surface area contributed by atoms with Crippen LogP contribution in [0.2, 0.25) is 0 Å². The van der Waals surface area contributed by atoms with Gasteiger partial charge in [-0.05, 0) is 70.9 Å². The fourth-order valence-corrected chi connectivity index (χ4v) is 4.86. The molecule has 4 rings (SSSR count). The van der Waals surface area contributed by atoms with Gasteiger partial charge in [0.1, 0.15) is 11.5 Å². The molecule has 2 aromatic carbocycles. The van der Waals surface area contributed by atoms with Crippen molar-refractivity contribution >= 4 is 15.9 Å². The molecule has 3 nitrogen and oxygen atoms in total. The van der Waals surface area contributed by atoms with Crippen molar-refractivity contribution in [3.63, 3.8) is 0 Å². The minimum atomic E-state index is -0.433. The quantitative estimate of drug-likeness (QED) is 0.361. The number of fused-ring (bicyclic) bond motifs is 6. The number of hydrogen-bond acceptors (Lipinski definition) is 3. The molecular formula is C29H39BrO3. The number of rotatable bonds is 6. The molecule has 0 N–H and O–H groups in total. The van der Waals surface area contributed by atoms with Crippen LogP contribution in [-0.2, 0) is 28.4 Å². The van der Waals surface area contributed by atoms with Crippen LogP contribution in [0.3, 0.4) is 0 Å². The maximum absolute atomic E-state index is 6.64. The van der Waals surface area contributed by atoms with Crippen molar-refractivity contribution in [2.45, 2.75) is 104 Å². The van der Waals surface area contributed by atoms with Crippen LogP contribution in [0.4, 0.5) is 0 Å². The molecule has 2 bridgehead atoms. The third-order valence-electron chi connectivity index (χ3n) is 6.71. The summed E-state index contributed by atoms with van der Waals surface area (Å²) in [5.41, 5.74) is 7.25. The lowest BCUT2D eigenvalue weighted by atomic mass is 9.83. The van der Waals surface area contributed by atoms with Gasteiger partial charge in [0.25, 0.3) is 0 Å². The third-order valence-corrected chi connectivity index (χ3v) is 7.27. The minimum absolute atomic E-state index is 0.0372. The summed E-state index contributed by atoms with van der Waals surface area (Å²) in [7, 11) is 0. The van der Waals surface area contributed by atoms with Crippen molar-refractivity contribution in [3.8, 4) is 11.5 Å². The number of aryl methyl sites for hydroxylation is 2. The standard InChI is InChI=1S/C29H39BrO3/c1-8-9-11-18-14-20(28(2,3)4)16-22-24(18)31-27-23-17-21(29(5,6)7)15-19(12-10-13-30)25(23)32-26(22)33-27/h14-17,26-27H,8-13H2,1-7H3. The van der Waals surface area contributed by atoms with Gasteiger partial charge in [-0.2, -0.15) is 0 Å². The largest absolute Gasteiger partial charge is 0.459 e. The molecule has 2 aliphatic rings. The second kappa shape index (κ2) is 9.26. The van der Waals surface area contributed by atoms with E-state index in [9.17, 15) is 0 Å². The molecule has 2 unspecified atom stereocenters. The second-order valence-electron chi connectivity index (χ2n) is 11.5.